The Morgan fingerprint density at radius 3 is 2.53 bits per heavy atom. The fraction of sp³-hybridized carbons (Fsp3) is 0.846. The molecule has 2 aliphatic heterocycles. The molecule has 0 radical (unpaired) electrons. The van der Waals surface area contributed by atoms with Crippen LogP contribution in [0.5, 0.6) is 0 Å². The molecule has 0 aromatic rings. The summed E-state index contributed by atoms with van der Waals surface area (Å²) in [4.78, 5) is 25.0. The smallest absolute Gasteiger partial charge is 0.231 e. The Kier molecular flexibility index (Phi) is 4.76. The van der Waals surface area contributed by atoms with Crippen molar-refractivity contribution in [3.8, 4) is 0 Å². The highest BCUT2D eigenvalue weighted by molar-refractivity contribution is 5.80. The molecule has 2 fully saturated rings. The standard InChI is InChI=1S/C13H24N4O2/c1-9-11(2-5-15-9)13(19)16-10-3-6-17(7-4-10)8-12(14)18/h9-11,15H,2-8H2,1H3,(H2,14,18)(H,16,19). The second kappa shape index (κ2) is 6.34. The number of primary amides is 1. The summed E-state index contributed by atoms with van der Waals surface area (Å²) in [5, 5.41) is 6.44. The molecule has 0 aliphatic carbocycles. The molecule has 0 saturated carbocycles. The van der Waals surface area contributed by atoms with Crippen LogP contribution in [0, 0.1) is 5.92 Å². The van der Waals surface area contributed by atoms with E-state index in [4.69, 9.17) is 5.73 Å². The minimum Gasteiger partial charge on any atom is -0.369 e. The van der Waals surface area contributed by atoms with Crippen LogP contribution in [0.4, 0.5) is 0 Å². The first kappa shape index (κ1) is 14.3. The number of rotatable bonds is 4. The van der Waals surface area contributed by atoms with E-state index >= 15 is 0 Å². The molecular weight excluding hydrogens is 244 g/mol. The summed E-state index contributed by atoms with van der Waals surface area (Å²) in [6, 6.07) is 0.513. The molecule has 2 rings (SSSR count). The summed E-state index contributed by atoms with van der Waals surface area (Å²) in [5.41, 5.74) is 5.18. The van der Waals surface area contributed by atoms with Gasteiger partial charge in [0.15, 0.2) is 0 Å². The lowest BCUT2D eigenvalue weighted by atomic mass is 9.99. The van der Waals surface area contributed by atoms with Gasteiger partial charge < -0.3 is 16.4 Å². The Morgan fingerprint density at radius 2 is 2.00 bits per heavy atom. The molecule has 2 unspecified atom stereocenters. The third-order valence-electron chi connectivity index (χ3n) is 4.18. The number of nitrogens with two attached hydrogens (primary N) is 1. The maximum absolute atomic E-state index is 12.1. The molecule has 0 aromatic heterocycles. The number of carbonyl (C=O) groups excluding carboxylic acids is 2. The number of amides is 2. The maximum Gasteiger partial charge on any atom is 0.231 e. The van der Waals surface area contributed by atoms with Crippen LogP contribution < -0.4 is 16.4 Å². The zero-order valence-electron chi connectivity index (χ0n) is 11.5. The van der Waals surface area contributed by atoms with E-state index in [1.165, 1.54) is 0 Å². The number of carbonyl (C=O) groups is 2. The summed E-state index contributed by atoms with van der Waals surface area (Å²) in [7, 11) is 0. The van der Waals surface area contributed by atoms with Gasteiger partial charge in [-0.25, -0.2) is 0 Å². The van der Waals surface area contributed by atoms with E-state index in [0.29, 0.717) is 6.54 Å². The summed E-state index contributed by atoms with van der Waals surface area (Å²) >= 11 is 0. The molecule has 2 atom stereocenters. The first-order valence-corrected chi connectivity index (χ1v) is 7.10. The van der Waals surface area contributed by atoms with Gasteiger partial charge in [-0.15, -0.1) is 0 Å². The van der Waals surface area contributed by atoms with Gasteiger partial charge >= 0.3 is 0 Å². The number of nitrogens with one attached hydrogen (secondary N) is 2. The fourth-order valence-corrected chi connectivity index (χ4v) is 2.98. The molecule has 6 heteroatoms. The van der Waals surface area contributed by atoms with Crippen molar-refractivity contribution >= 4 is 11.8 Å². The zero-order valence-corrected chi connectivity index (χ0v) is 11.5. The van der Waals surface area contributed by atoms with Crippen molar-refractivity contribution in [1.29, 1.82) is 0 Å². The topological polar surface area (TPSA) is 87.5 Å². The second-order valence-electron chi connectivity index (χ2n) is 5.66. The normalized spacial score (nSPS) is 29.3. The monoisotopic (exact) mass is 268 g/mol. The first-order chi connectivity index (χ1) is 9.06. The van der Waals surface area contributed by atoms with Crippen molar-refractivity contribution in [2.45, 2.75) is 38.3 Å². The van der Waals surface area contributed by atoms with Crippen LogP contribution in [0.2, 0.25) is 0 Å². The molecule has 108 valence electrons. The molecule has 19 heavy (non-hydrogen) atoms. The summed E-state index contributed by atoms with van der Waals surface area (Å²) in [6.45, 7) is 4.96. The van der Waals surface area contributed by atoms with Gasteiger partial charge in [0.25, 0.3) is 0 Å². The number of likely N-dealkylation sites (tertiary alicyclic amines) is 1. The first-order valence-electron chi connectivity index (χ1n) is 7.10. The van der Waals surface area contributed by atoms with Crippen LogP contribution in [0.25, 0.3) is 0 Å². The van der Waals surface area contributed by atoms with Crippen LogP contribution in [0.1, 0.15) is 26.2 Å². The Morgan fingerprint density at radius 1 is 1.32 bits per heavy atom. The van der Waals surface area contributed by atoms with E-state index in [0.717, 1.165) is 38.9 Å². The molecule has 2 heterocycles. The van der Waals surface area contributed by atoms with Gasteiger partial charge in [0.1, 0.15) is 0 Å². The zero-order chi connectivity index (χ0) is 13.8. The lowest BCUT2D eigenvalue weighted by molar-refractivity contribution is -0.126. The van der Waals surface area contributed by atoms with Crippen molar-refractivity contribution in [3.63, 3.8) is 0 Å². The number of hydrogen-bond donors (Lipinski definition) is 3. The van der Waals surface area contributed by atoms with Gasteiger partial charge in [0, 0.05) is 25.2 Å². The van der Waals surface area contributed by atoms with E-state index in [-0.39, 0.29) is 29.8 Å². The molecule has 6 nitrogen and oxygen atoms in total. The predicted octanol–water partition coefficient (Wildman–Crippen LogP) is -0.950. The molecule has 0 spiro atoms. The lowest BCUT2D eigenvalue weighted by Crippen LogP contribution is -2.48. The Hall–Kier alpha value is -1.14. The van der Waals surface area contributed by atoms with Crippen molar-refractivity contribution in [1.82, 2.24) is 15.5 Å². The maximum atomic E-state index is 12.1. The highest BCUT2D eigenvalue weighted by atomic mass is 16.2. The van der Waals surface area contributed by atoms with Crippen molar-refractivity contribution in [2.75, 3.05) is 26.2 Å². The largest absolute Gasteiger partial charge is 0.369 e. The van der Waals surface area contributed by atoms with Crippen molar-refractivity contribution < 1.29 is 9.59 Å². The molecule has 0 bridgehead atoms. The summed E-state index contributed by atoms with van der Waals surface area (Å²) < 4.78 is 0. The minimum absolute atomic E-state index is 0.101. The Bertz CT molecular complexity index is 340. The minimum atomic E-state index is -0.284. The van der Waals surface area contributed by atoms with Crippen LogP contribution in [-0.4, -0.2) is 55.0 Å². The van der Waals surface area contributed by atoms with Gasteiger partial charge in [-0.3, -0.25) is 14.5 Å². The molecule has 4 N–H and O–H groups in total. The molecule has 2 aliphatic rings. The fourth-order valence-electron chi connectivity index (χ4n) is 2.98. The lowest BCUT2D eigenvalue weighted by Gasteiger charge is -2.32. The summed E-state index contributed by atoms with van der Waals surface area (Å²) in [6.07, 6.45) is 2.72. The van der Waals surface area contributed by atoms with Gasteiger partial charge in [0.05, 0.1) is 12.5 Å². The van der Waals surface area contributed by atoms with E-state index in [1.54, 1.807) is 0 Å². The van der Waals surface area contributed by atoms with Crippen molar-refractivity contribution in [3.05, 3.63) is 0 Å². The van der Waals surface area contributed by atoms with E-state index in [9.17, 15) is 9.59 Å². The molecule has 0 aromatic carbocycles. The van der Waals surface area contributed by atoms with Gasteiger partial charge in [-0.2, -0.15) is 0 Å². The average Bonchev–Trinajstić information content (AvgIpc) is 2.77. The van der Waals surface area contributed by atoms with E-state index in [1.807, 2.05) is 4.90 Å². The van der Waals surface area contributed by atoms with Crippen LogP contribution >= 0.6 is 0 Å². The third-order valence-corrected chi connectivity index (χ3v) is 4.18. The van der Waals surface area contributed by atoms with E-state index < -0.39 is 0 Å². The summed E-state index contributed by atoms with van der Waals surface area (Å²) in [5.74, 6) is -0.0113. The van der Waals surface area contributed by atoms with E-state index in [2.05, 4.69) is 17.6 Å². The Labute approximate surface area is 114 Å². The highest BCUT2D eigenvalue weighted by Gasteiger charge is 2.31. The molecular formula is C13H24N4O2. The van der Waals surface area contributed by atoms with Gasteiger partial charge in [0.2, 0.25) is 11.8 Å². The number of piperidine rings is 1. The predicted molar refractivity (Wildman–Crippen MR) is 72.4 cm³/mol. The van der Waals surface area contributed by atoms with Crippen LogP contribution in [0.15, 0.2) is 0 Å². The average molecular weight is 268 g/mol. The van der Waals surface area contributed by atoms with Crippen molar-refractivity contribution in [2.24, 2.45) is 11.7 Å². The Balaban J connectivity index is 1.73. The van der Waals surface area contributed by atoms with Gasteiger partial charge in [-0.1, -0.05) is 0 Å². The molecule has 2 amide bonds. The number of nitrogens with zero attached hydrogens (tertiary/aromatic N) is 1. The SMILES string of the molecule is CC1NCCC1C(=O)NC1CCN(CC(N)=O)CC1. The van der Waals surface area contributed by atoms with Gasteiger partial charge in [-0.05, 0) is 32.7 Å². The second-order valence-corrected chi connectivity index (χ2v) is 5.66. The quantitative estimate of drug-likeness (QED) is 0.613. The third kappa shape index (κ3) is 3.91. The van der Waals surface area contributed by atoms with Crippen LogP contribution in [-0.2, 0) is 9.59 Å². The molecule has 2 saturated heterocycles. The number of hydrogen-bond acceptors (Lipinski definition) is 4. The van der Waals surface area contributed by atoms with Crippen LogP contribution in [0.3, 0.4) is 0 Å². The highest BCUT2D eigenvalue weighted by Crippen LogP contribution is 2.17.